The van der Waals surface area contributed by atoms with Crippen LogP contribution >= 0.6 is 0 Å². The molecule has 1 aliphatic rings. The number of hydrogen-bond acceptors (Lipinski definition) is 3. The summed E-state index contributed by atoms with van der Waals surface area (Å²) in [6.45, 7) is 8.28. The van der Waals surface area contributed by atoms with Crippen molar-refractivity contribution in [3.8, 4) is 0 Å². The molecular weight excluding hydrogens is 268 g/mol. The molecular formula is C15H24N4O2. The Balaban J connectivity index is 2.22. The molecule has 1 atom stereocenters. The van der Waals surface area contributed by atoms with Crippen molar-refractivity contribution in [2.24, 2.45) is 0 Å². The van der Waals surface area contributed by atoms with Crippen LogP contribution in [0.2, 0.25) is 0 Å². The van der Waals surface area contributed by atoms with E-state index in [9.17, 15) is 9.59 Å². The highest BCUT2D eigenvalue weighted by molar-refractivity contribution is 5.96. The standard InChI is InChI=1S/C15H24N4O2/c1-4-17-14(20)13-10-16-7-9-19(13)15(21)12-6-5-8-18(12)11(2)3/h5-6,8,11,13,16H,4,7,9-10H2,1-3H3,(H,17,20). The fourth-order valence-corrected chi connectivity index (χ4v) is 2.65. The Labute approximate surface area is 125 Å². The van der Waals surface area contributed by atoms with Crippen LogP contribution in [0.15, 0.2) is 18.3 Å². The number of likely N-dealkylation sites (N-methyl/N-ethyl adjacent to an activating group) is 1. The highest BCUT2D eigenvalue weighted by atomic mass is 16.2. The average Bonchev–Trinajstić information content (AvgIpc) is 2.96. The van der Waals surface area contributed by atoms with E-state index < -0.39 is 6.04 Å². The zero-order chi connectivity index (χ0) is 15.4. The lowest BCUT2D eigenvalue weighted by atomic mass is 10.1. The van der Waals surface area contributed by atoms with Gasteiger partial charge in [0, 0.05) is 38.4 Å². The Bertz CT molecular complexity index is 510. The van der Waals surface area contributed by atoms with Gasteiger partial charge in [-0.1, -0.05) is 0 Å². The molecule has 0 bridgehead atoms. The molecule has 6 nitrogen and oxygen atoms in total. The van der Waals surface area contributed by atoms with Gasteiger partial charge in [-0.05, 0) is 32.9 Å². The van der Waals surface area contributed by atoms with Gasteiger partial charge in [0.05, 0.1) is 0 Å². The van der Waals surface area contributed by atoms with Gasteiger partial charge in [-0.3, -0.25) is 9.59 Å². The third-order valence-corrected chi connectivity index (χ3v) is 3.71. The summed E-state index contributed by atoms with van der Waals surface area (Å²) in [6.07, 6.45) is 1.90. The van der Waals surface area contributed by atoms with Gasteiger partial charge in [-0.2, -0.15) is 0 Å². The number of aromatic nitrogens is 1. The van der Waals surface area contributed by atoms with Gasteiger partial charge in [0.2, 0.25) is 5.91 Å². The predicted octanol–water partition coefficient (Wildman–Crippen LogP) is 0.619. The quantitative estimate of drug-likeness (QED) is 0.855. The molecule has 1 aromatic rings. The van der Waals surface area contributed by atoms with E-state index in [0.29, 0.717) is 31.9 Å². The molecule has 2 N–H and O–H groups in total. The van der Waals surface area contributed by atoms with Crippen LogP contribution in [0.1, 0.15) is 37.3 Å². The van der Waals surface area contributed by atoms with E-state index in [1.807, 2.05) is 43.7 Å². The smallest absolute Gasteiger partial charge is 0.271 e. The van der Waals surface area contributed by atoms with Gasteiger partial charge in [0.25, 0.3) is 5.91 Å². The molecule has 6 heteroatoms. The van der Waals surface area contributed by atoms with E-state index in [1.165, 1.54) is 0 Å². The Morgan fingerprint density at radius 2 is 2.24 bits per heavy atom. The van der Waals surface area contributed by atoms with Crippen LogP contribution in [0, 0.1) is 0 Å². The summed E-state index contributed by atoms with van der Waals surface area (Å²) >= 11 is 0. The maximum Gasteiger partial charge on any atom is 0.271 e. The van der Waals surface area contributed by atoms with Crippen molar-refractivity contribution >= 4 is 11.8 Å². The SMILES string of the molecule is CCNC(=O)C1CNCCN1C(=O)c1cccn1C(C)C. The van der Waals surface area contributed by atoms with Gasteiger partial charge < -0.3 is 20.1 Å². The van der Waals surface area contributed by atoms with Crippen molar-refractivity contribution in [3.63, 3.8) is 0 Å². The Kier molecular flexibility index (Phi) is 5.01. The highest BCUT2D eigenvalue weighted by Crippen LogP contribution is 2.16. The van der Waals surface area contributed by atoms with Crippen LogP contribution in [0.4, 0.5) is 0 Å². The zero-order valence-electron chi connectivity index (χ0n) is 12.9. The van der Waals surface area contributed by atoms with Crippen molar-refractivity contribution in [1.29, 1.82) is 0 Å². The highest BCUT2D eigenvalue weighted by Gasteiger charge is 2.33. The van der Waals surface area contributed by atoms with Gasteiger partial charge in [0.1, 0.15) is 11.7 Å². The molecule has 2 amide bonds. The normalized spacial score (nSPS) is 18.9. The summed E-state index contributed by atoms with van der Waals surface area (Å²) in [4.78, 5) is 26.6. The molecule has 21 heavy (non-hydrogen) atoms. The monoisotopic (exact) mass is 292 g/mol. The lowest BCUT2D eigenvalue weighted by molar-refractivity contribution is -0.126. The fraction of sp³-hybridized carbons (Fsp3) is 0.600. The van der Waals surface area contributed by atoms with Crippen LogP contribution in [0.25, 0.3) is 0 Å². The van der Waals surface area contributed by atoms with Gasteiger partial charge in [-0.15, -0.1) is 0 Å². The number of nitrogens with zero attached hydrogens (tertiary/aromatic N) is 2. The second-order valence-electron chi connectivity index (χ2n) is 5.51. The lowest BCUT2D eigenvalue weighted by Gasteiger charge is -2.35. The molecule has 0 aromatic carbocycles. The lowest BCUT2D eigenvalue weighted by Crippen LogP contribution is -2.59. The second-order valence-corrected chi connectivity index (χ2v) is 5.51. The molecule has 0 radical (unpaired) electrons. The van der Waals surface area contributed by atoms with Crippen LogP contribution in [-0.2, 0) is 4.79 Å². The largest absolute Gasteiger partial charge is 0.355 e. The Morgan fingerprint density at radius 3 is 2.90 bits per heavy atom. The van der Waals surface area contributed by atoms with Crippen LogP contribution in [-0.4, -0.2) is 53.5 Å². The van der Waals surface area contributed by atoms with E-state index >= 15 is 0 Å². The van der Waals surface area contributed by atoms with E-state index in [0.717, 1.165) is 0 Å². The average molecular weight is 292 g/mol. The van der Waals surface area contributed by atoms with Crippen molar-refractivity contribution in [2.45, 2.75) is 32.9 Å². The summed E-state index contributed by atoms with van der Waals surface area (Å²) in [6, 6.07) is 3.46. The number of nitrogens with one attached hydrogen (secondary N) is 2. The fourth-order valence-electron chi connectivity index (χ4n) is 2.65. The third kappa shape index (κ3) is 3.26. The first kappa shape index (κ1) is 15.6. The predicted molar refractivity (Wildman–Crippen MR) is 81.2 cm³/mol. The van der Waals surface area contributed by atoms with E-state index in [1.54, 1.807) is 4.90 Å². The molecule has 0 spiro atoms. The first-order valence-corrected chi connectivity index (χ1v) is 7.52. The van der Waals surface area contributed by atoms with E-state index in [2.05, 4.69) is 10.6 Å². The summed E-state index contributed by atoms with van der Waals surface area (Å²) in [5.74, 6) is -0.174. The summed E-state index contributed by atoms with van der Waals surface area (Å²) in [7, 11) is 0. The number of rotatable bonds is 4. The number of hydrogen-bond donors (Lipinski definition) is 2. The first-order chi connectivity index (χ1) is 10.1. The van der Waals surface area contributed by atoms with Gasteiger partial charge >= 0.3 is 0 Å². The van der Waals surface area contributed by atoms with Gasteiger partial charge in [0.15, 0.2) is 0 Å². The van der Waals surface area contributed by atoms with Crippen molar-refractivity contribution in [3.05, 3.63) is 24.0 Å². The van der Waals surface area contributed by atoms with Crippen molar-refractivity contribution < 1.29 is 9.59 Å². The molecule has 116 valence electrons. The first-order valence-electron chi connectivity index (χ1n) is 7.52. The minimum Gasteiger partial charge on any atom is -0.355 e. The summed E-state index contributed by atoms with van der Waals surface area (Å²) in [5, 5.41) is 5.98. The summed E-state index contributed by atoms with van der Waals surface area (Å²) < 4.78 is 1.94. The maximum atomic E-state index is 12.8. The van der Waals surface area contributed by atoms with Crippen LogP contribution < -0.4 is 10.6 Å². The number of amides is 2. The molecule has 1 fully saturated rings. The topological polar surface area (TPSA) is 66.4 Å². The van der Waals surface area contributed by atoms with E-state index in [-0.39, 0.29) is 17.9 Å². The molecule has 0 saturated carbocycles. The molecule has 2 rings (SSSR count). The second kappa shape index (κ2) is 6.76. The molecule has 1 saturated heterocycles. The molecule has 1 unspecified atom stereocenters. The van der Waals surface area contributed by atoms with Crippen LogP contribution in [0.5, 0.6) is 0 Å². The number of carbonyl (C=O) groups is 2. The summed E-state index contributed by atoms with van der Waals surface area (Å²) in [5.41, 5.74) is 0.640. The minimum atomic E-state index is -0.443. The minimum absolute atomic E-state index is 0.0774. The van der Waals surface area contributed by atoms with E-state index in [4.69, 9.17) is 0 Å². The Morgan fingerprint density at radius 1 is 1.48 bits per heavy atom. The zero-order valence-corrected chi connectivity index (χ0v) is 12.9. The Hall–Kier alpha value is -1.82. The van der Waals surface area contributed by atoms with Gasteiger partial charge in [-0.25, -0.2) is 0 Å². The maximum absolute atomic E-state index is 12.8. The number of carbonyl (C=O) groups excluding carboxylic acids is 2. The molecule has 1 aromatic heterocycles. The van der Waals surface area contributed by atoms with Crippen molar-refractivity contribution in [2.75, 3.05) is 26.2 Å². The third-order valence-electron chi connectivity index (χ3n) is 3.71. The van der Waals surface area contributed by atoms with Crippen molar-refractivity contribution in [1.82, 2.24) is 20.1 Å². The van der Waals surface area contributed by atoms with Crippen LogP contribution in [0.3, 0.4) is 0 Å². The molecule has 0 aliphatic carbocycles. The molecule has 1 aliphatic heterocycles. The molecule has 2 heterocycles. The number of piperazine rings is 1.